The number of urea groups is 1. The molecule has 2 aromatic carbocycles. The number of benzene rings is 2. The molecule has 3 unspecified atom stereocenters. The normalized spacial score (nSPS) is 21.8. The molecule has 1 fully saturated rings. The van der Waals surface area contributed by atoms with Crippen LogP contribution in [0, 0.1) is 13.8 Å². The molecule has 1 aliphatic carbocycles. The second-order valence-electron chi connectivity index (χ2n) is 12.0. The van der Waals surface area contributed by atoms with E-state index < -0.39 is 0 Å². The Morgan fingerprint density at radius 3 is 2.44 bits per heavy atom. The lowest BCUT2D eigenvalue weighted by Gasteiger charge is -2.47. The minimum Gasteiger partial charge on any atom is -0.481 e. The summed E-state index contributed by atoms with van der Waals surface area (Å²) in [5, 5.41) is 13.2. The third kappa shape index (κ3) is 4.96. The van der Waals surface area contributed by atoms with Gasteiger partial charge in [-0.05, 0) is 73.6 Å². The van der Waals surface area contributed by atoms with Crippen LogP contribution in [0.25, 0.3) is 22.4 Å². The molecule has 1 saturated heterocycles. The van der Waals surface area contributed by atoms with Crippen LogP contribution in [0.2, 0.25) is 0 Å². The standard InChI is InChI=1S/C34H39N5O4/c1-19-24(25-10-8-12-27(20(25)2)35-32(41)23-16-37(4)34(42)38(5)17-23)9-7-11-26(19)28-15-22-13-14-29(31(22)33(36-28)43-6)39-18-30(40)21(39)3/h7-12,15-16,21,29-30,40H,13-14,17-18H2,1-6H3,(H,35,41). The number of aryl methyl sites for hydroxylation is 1. The largest absolute Gasteiger partial charge is 0.481 e. The quantitative estimate of drug-likeness (QED) is 0.429. The highest BCUT2D eigenvalue weighted by Crippen LogP contribution is 2.46. The monoisotopic (exact) mass is 581 g/mol. The van der Waals surface area contributed by atoms with E-state index in [0.717, 1.165) is 57.6 Å². The number of hydrogen-bond donors (Lipinski definition) is 2. The van der Waals surface area contributed by atoms with Crippen molar-refractivity contribution in [2.24, 2.45) is 0 Å². The van der Waals surface area contributed by atoms with Crippen LogP contribution in [0.3, 0.4) is 0 Å². The van der Waals surface area contributed by atoms with Crippen molar-refractivity contribution in [1.82, 2.24) is 19.7 Å². The first-order valence-corrected chi connectivity index (χ1v) is 14.8. The number of fused-ring (bicyclic) bond motifs is 1. The zero-order valence-corrected chi connectivity index (χ0v) is 25.6. The van der Waals surface area contributed by atoms with E-state index in [-0.39, 0.29) is 36.7 Å². The molecule has 3 atom stereocenters. The SMILES string of the molecule is COc1nc(-c2cccc(-c3cccc(NC(=O)C4=CN(C)C(=O)N(C)C4)c3C)c2C)cc2c1C(N1CC(O)C1C)CC2. The lowest BCUT2D eigenvalue weighted by molar-refractivity contribution is -0.113. The van der Waals surface area contributed by atoms with Crippen molar-refractivity contribution in [3.8, 4) is 28.3 Å². The van der Waals surface area contributed by atoms with E-state index in [9.17, 15) is 14.7 Å². The fraction of sp³-hybridized carbons (Fsp3) is 0.382. The van der Waals surface area contributed by atoms with E-state index in [1.54, 1.807) is 27.4 Å². The van der Waals surface area contributed by atoms with Crippen LogP contribution in [0.4, 0.5) is 10.5 Å². The van der Waals surface area contributed by atoms with Gasteiger partial charge in [-0.3, -0.25) is 9.69 Å². The zero-order chi connectivity index (χ0) is 30.6. The molecule has 2 N–H and O–H groups in total. The third-order valence-corrected chi connectivity index (χ3v) is 9.36. The van der Waals surface area contributed by atoms with Crippen molar-refractivity contribution in [2.75, 3.05) is 39.6 Å². The third-order valence-electron chi connectivity index (χ3n) is 9.36. The van der Waals surface area contributed by atoms with Gasteiger partial charge in [0.1, 0.15) is 0 Å². The van der Waals surface area contributed by atoms with Gasteiger partial charge in [-0.1, -0.05) is 30.3 Å². The maximum atomic E-state index is 13.2. The number of amides is 3. The molecule has 6 rings (SSSR count). The van der Waals surface area contributed by atoms with E-state index >= 15 is 0 Å². The van der Waals surface area contributed by atoms with Gasteiger partial charge in [-0.25, -0.2) is 9.78 Å². The number of rotatable bonds is 6. The molecule has 224 valence electrons. The van der Waals surface area contributed by atoms with Gasteiger partial charge >= 0.3 is 6.03 Å². The minimum atomic E-state index is -0.277. The summed E-state index contributed by atoms with van der Waals surface area (Å²) in [5.41, 5.74) is 9.69. The van der Waals surface area contributed by atoms with Crippen molar-refractivity contribution in [1.29, 1.82) is 0 Å². The second kappa shape index (κ2) is 11.1. The number of carbonyl (C=O) groups excluding carboxylic acids is 2. The number of β-amino-alcohol motifs (C(OH)–C–C–N with tert-alkyl or cyclic N) is 1. The van der Waals surface area contributed by atoms with Crippen LogP contribution in [-0.4, -0.2) is 83.2 Å². The molecule has 9 heteroatoms. The number of methoxy groups -OCH3 is 1. The Morgan fingerprint density at radius 1 is 1.07 bits per heavy atom. The zero-order valence-electron chi connectivity index (χ0n) is 25.6. The van der Waals surface area contributed by atoms with Crippen LogP contribution in [0.15, 0.2) is 54.2 Å². The summed E-state index contributed by atoms with van der Waals surface area (Å²) in [7, 11) is 5.01. The fourth-order valence-corrected chi connectivity index (χ4v) is 6.76. The number of nitrogens with one attached hydrogen (secondary N) is 1. The van der Waals surface area contributed by atoms with Crippen molar-refractivity contribution in [3.63, 3.8) is 0 Å². The topological polar surface area (TPSA) is 98.2 Å². The smallest absolute Gasteiger partial charge is 0.323 e. The van der Waals surface area contributed by atoms with Crippen molar-refractivity contribution in [3.05, 3.63) is 76.5 Å². The average molecular weight is 582 g/mol. The van der Waals surface area contributed by atoms with Crippen molar-refractivity contribution in [2.45, 2.75) is 51.8 Å². The van der Waals surface area contributed by atoms with Crippen LogP contribution in [0.1, 0.15) is 41.6 Å². The summed E-state index contributed by atoms with van der Waals surface area (Å²) in [4.78, 5) is 35.6. The highest BCUT2D eigenvalue weighted by atomic mass is 16.5. The summed E-state index contributed by atoms with van der Waals surface area (Å²) < 4.78 is 5.86. The number of aliphatic hydroxyl groups excluding tert-OH is 1. The molecule has 0 spiro atoms. The van der Waals surface area contributed by atoms with Gasteiger partial charge in [0, 0.05) is 55.7 Å². The number of likely N-dealkylation sites (tertiary alicyclic amines) is 1. The maximum absolute atomic E-state index is 13.2. The van der Waals surface area contributed by atoms with E-state index in [2.05, 4.69) is 48.3 Å². The maximum Gasteiger partial charge on any atom is 0.323 e. The fourth-order valence-electron chi connectivity index (χ4n) is 6.76. The highest BCUT2D eigenvalue weighted by molar-refractivity contribution is 6.06. The molecule has 3 amide bonds. The van der Waals surface area contributed by atoms with E-state index in [1.807, 2.05) is 25.1 Å². The second-order valence-corrected chi connectivity index (χ2v) is 12.0. The Labute approximate surface area is 252 Å². The predicted octanol–water partition coefficient (Wildman–Crippen LogP) is 4.91. The Kier molecular flexibility index (Phi) is 7.48. The van der Waals surface area contributed by atoms with Crippen molar-refractivity contribution < 1.29 is 19.4 Å². The molecule has 0 radical (unpaired) electrons. The lowest BCUT2D eigenvalue weighted by Crippen LogP contribution is -2.59. The molecule has 3 aromatic rings. The van der Waals surface area contributed by atoms with Gasteiger partial charge in [0.15, 0.2) is 0 Å². The Bertz CT molecular complexity index is 1650. The molecule has 9 nitrogen and oxygen atoms in total. The first-order valence-electron chi connectivity index (χ1n) is 14.8. The van der Waals surface area contributed by atoms with Gasteiger partial charge in [-0.2, -0.15) is 0 Å². The minimum absolute atomic E-state index is 0.134. The molecule has 3 heterocycles. The molecular weight excluding hydrogens is 542 g/mol. The van der Waals surface area contributed by atoms with Crippen LogP contribution >= 0.6 is 0 Å². The Morgan fingerprint density at radius 2 is 1.77 bits per heavy atom. The van der Waals surface area contributed by atoms with Crippen LogP contribution < -0.4 is 10.1 Å². The summed E-state index contributed by atoms with van der Waals surface area (Å²) in [6.45, 7) is 7.13. The van der Waals surface area contributed by atoms with E-state index in [0.29, 0.717) is 18.0 Å². The van der Waals surface area contributed by atoms with Gasteiger partial charge in [0.2, 0.25) is 5.88 Å². The predicted molar refractivity (Wildman–Crippen MR) is 167 cm³/mol. The Balaban J connectivity index is 1.31. The van der Waals surface area contributed by atoms with Crippen LogP contribution in [-0.2, 0) is 11.2 Å². The first kappa shape index (κ1) is 28.9. The molecule has 3 aliphatic rings. The highest BCUT2D eigenvalue weighted by Gasteiger charge is 2.43. The average Bonchev–Trinajstić information content (AvgIpc) is 3.42. The lowest BCUT2D eigenvalue weighted by atomic mass is 9.91. The first-order chi connectivity index (χ1) is 20.6. The van der Waals surface area contributed by atoms with Crippen molar-refractivity contribution >= 4 is 17.6 Å². The molecule has 1 aromatic heterocycles. The summed E-state index contributed by atoms with van der Waals surface area (Å²) in [6.07, 6.45) is 3.25. The number of carbonyl (C=O) groups is 2. The number of ether oxygens (including phenoxy) is 1. The number of aromatic nitrogens is 1. The number of nitrogens with zero attached hydrogens (tertiary/aromatic N) is 4. The molecule has 43 heavy (non-hydrogen) atoms. The summed E-state index contributed by atoms with van der Waals surface area (Å²) in [5.74, 6) is 0.427. The molecular formula is C34H39N5O4. The van der Waals surface area contributed by atoms with Gasteiger partial charge in [0.25, 0.3) is 5.91 Å². The number of likely N-dealkylation sites (N-methyl/N-ethyl adjacent to an activating group) is 1. The molecule has 0 bridgehead atoms. The summed E-state index contributed by atoms with van der Waals surface area (Å²) in [6, 6.07) is 14.6. The van der Waals surface area contributed by atoms with Gasteiger partial charge in [0.05, 0.1) is 31.0 Å². The van der Waals surface area contributed by atoms with E-state index in [1.165, 1.54) is 15.4 Å². The number of anilines is 1. The summed E-state index contributed by atoms with van der Waals surface area (Å²) >= 11 is 0. The number of aliphatic hydroxyl groups is 1. The molecule has 2 aliphatic heterocycles. The number of hydrogen-bond acceptors (Lipinski definition) is 6. The van der Waals surface area contributed by atoms with Crippen LogP contribution in [0.5, 0.6) is 5.88 Å². The van der Waals surface area contributed by atoms with Gasteiger partial charge in [-0.15, -0.1) is 0 Å². The number of pyridine rings is 1. The van der Waals surface area contributed by atoms with E-state index in [4.69, 9.17) is 9.72 Å². The molecule has 0 saturated carbocycles. The Hall–Kier alpha value is -4.21. The van der Waals surface area contributed by atoms with Gasteiger partial charge < -0.3 is 25.0 Å².